The fourth-order valence-corrected chi connectivity index (χ4v) is 2.58. The van der Waals surface area contributed by atoms with E-state index in [2.05, 4.69) is 16.4 Å². The highest BCUT2D eigenvalue weighted by Crippen LogP contribution is 2.18. The van der Waals surface area contributed by atoms with Crippen molar-refractivity contribution in [2.75, 3.05) is 18.9 Å². The number of amides is 1. The SMILES string of the molecule is N#Cc1cccnc1SCC(=O)NCC1CCCO1. The molecule has 1 saturated heterocycles. The number of pyridine rings is 1. The minimum Gasteiger partial charge on any atom is -0.376 e. The second-order valence-electron chi connectivity index (χ2n) is 4.20. The monoisotopic (exact) mass is 277 g/mol. The van der Waals surface area contributed by atoms with Gasteiger partial charge in [-0.1, -0.05) is 11.8 Å². The van der Waals surface area contributed by atoms with Gasteiger partial charge in [0.25, 0.3) is 0 Å². The fourth-order valence-electron chi connectivity index (χ4n) is 1.81. The number of nitriles is 1. The molecule has 1 aliphatic rings. The van der Waals surface area contributed by atoms with Gasteiger partial charge in [-0.25, -0.2) is 4.98 Å². The van der Waals surface area contributed by atoms with Gasteiger partial charge < -0.3 is 10.1 Å². The van der Waals surface area contributed by atoms with Crippen molar-refractivity contribution in [1.29, 1.82) is 5.26 Å². The predicted octanol–water partition coefficient (Wildman–Crippen LogP) is 1.34. The molecule has 1 atom stereocenters. The van der Waals surface area contributed by atoms with Crippen molar-refractivity contribution in [3.8, 4) is 6.07 Å². The van der Waals surface area contributed by atoms with Gasteiger partial charge >= 0.3 is 0 Å². The first kappa shape index (κ1) is 13.8. The lowest BCUT2D eigenvalue weighted by molar-refractivity contribution is -0.119. The molecule has 1 fully saturated rings. The molecule has 2 heterocycles. The van der Waals surface area contributed by atoms with Crippen LogP contribution in [0, 0.1) is 11.3 Å². The van der Waals surface area contributed by atoms with Crippen molar-refractivity contribution in [2.24, 2.45) is 0 Å². The van der Waals surface area contributed by atoms with E-state index in [4.69, 9.17) is 10.00 Å². The smallest absolute Gasteiger partial charge is 0.230 e. The Morgan fingerprint density at radius 1 is 1.68 bits per heavy atom. The van der Waals surface area contributed by atoms with E-state index >= 15 is 0 Å². The summed E-state index contributed by atoms with van der Waals surface area (Å²) < 4.78 is 5.43. The number of ether oxygens (including phenoxy) is 1. The number of thioether (sulfide) groups is 1. The maximum Gasteiger partial charge on any atom is 0.230 e. The normalized spacial score (nSPS) is 17.9. The Labute approximate surface area is 116 Å². The topological polar surface area (TPSA) is 75.0 Å². The van der Waals surface area contributed by atoms with Gasteiger partial charge in [0.1, 0.15) is 11.1 Å². The molecule has 1 amide bonds. The van der Waals surface area contributed by atoms with Crippen LogP contribution in [0.1, 0.15) is 18.4 Å². The lowest BCUT2D eigenvalue weighted by Gasteiger charge is -2.10. The Morgan fingerprint density at radius 2 is 2.58 bits per heavy atom. The molecule has 6 heteroatoms. The standard InChI is InChI=1S/C13H15N3O2S/c14-7-10-3-1-5-15-13(10)19-9-12(17)16-8-11-4-2-6-18-11/h1,3,5,11H,2,4,6,8-9H2,(H,16,17). The molecular formula is C13H15N3O2S. The van der Waals surface area contributed by atoms with Gasteiger partial charge in [-0.15, -0.1) is 0 Å². The minimum absolute atomic E-state index is 0.0601. The average Bonchev–Trinajstić information content (AvgIpc) is 2.96. The van der Waals surface area contributed by atoms with Crippen molar-refractivity contribution < 1.29 is 9.53 Å². The molecule has 19 heavy (non-hydrogen) atoms. The lowest BCUT2D eigenvalue weighted by Crippen LogP contribution is -2.32. The Morgan fingerprint density at radius 3 is 3.32 bits per heavy atom. The van der Waals surface area contributed by atoms with Gasteiger partial charge in [-0.05, 0) is 25.0 Å². The molecule has 0 radical (unpaired) electrons. The van der Waals surface area contributed by atoms with E-state index in [1.807, 2.05) is 0 Å². The number of hydrogen-bond acceptors (Lipinski definition) is 5. The first-order chi connectivity index (χ1) is 9.29. The number of rotatable bonds is 5. The number of nitrogens with one attached hydrogen (secondary N) is 1. The van der Waals surface area contributed by atoms with Crippen molar-refractivity contribution in [1.82, 2.24) is 10.3 Å². The summed E-state index contributed by atoms with van der Waals surface area (Å²) >= 11 is 1.28. The highest BCUT2D eigenvalue weighted by atomic mass is 32.2. The fraction of sp³-hybridized carbons (Fsp3) is 0.462. The Bertz CT molecular complexity index is 481. The molecule has 100 valence electrons. The van der Waals surface area contributed by atoms with E-state index in [-0.39, 0.29) is 17.8 Å². The Kier molecular flexibility index (Phi) is 5.19. The first-order valence-electron chi connectivity index (χ1n) is 6.16. The zero-order chi connectivity index (χ0) is 13.5. The largest absolute Gasteiger partial charge is 0.376 e. The zero-order valence-electron chi connectivity index (χ0n) is 10.5. The van der Waals surface area contributed by atoms with Crippen LogP contribution in [0.2, 0.25) is 0 Å². The molecule has 0 bridgehead atoms. The summed E-state index contributed by atoms with van der Waals surface area (Å²) in [6.45, 7) is 1.35. The predicted molar refractivity (Wildman–Crippen MR) is 71.7 cm³/mol. The molecule has 0 spiro atoms. The molecule has 1 aliphatic heterocycles. The Balaban J connectivity index is 1.75. The maximum absolute atomic E-state index is 11.7. The van der Waals surface area contributed by atoms with Crippen LogP contribution in [0.3, 0.4) is 0 Å². The number of aromatic nitrogens is 1. The van der Waals surface area contributed by atoms with E-state index in [9.17, 15) is 4.79 Å². The maximum atomic E-state index is 11.7. The molecule has 1 aromatic rings. The van der Waals surface area contributed by atoms with Gasteiger partial charge in [0.05, 0.1) is 17.4 Å². The van der Waals surface area contributed by atoms with Crippen molar-refractivity contribution in [3.63, 3.8) is 0 Å². The van der Waals surface area contributed by atoms with Crippen LogP contribution in [0.15, 0.2) is 23.4 Å². The summed E-state index contributed by atoms with van der Waals surface area (Å²) in [7, 11) is 0. The van der Waals surface area contributed by atoms with Crippen LogP contribution >= 0.6 is 11.8 Å². The van der Waals surface area contributed by atoms with Crippen LogP contribution in [0.25, 0.3) is 0 Å². The number of hydrogen-bond donors (Lipinski definition) is 1. The first-order valence-corrected chi connectivity index (χ1v) is 7.14. The lowest BCUT2D eigenvalue weighted by atomic mass is 10.2. The van der Waals surface area contributed by atoms with Crippen molar-refractivity contribution in [3.05, 3.63) is 23.9 Å². The third-order valence-electron chi connectivity index (χ3n) is 2.78. The summed E-state index contributed by atoms with van der Waals surface area (Å²) in [5.41, 5.74) is 0.499. The highest BCUT2D eigenvalue weighted by Gasteiger charge is 2.16. The number of carbonyl (C=O) groups excluding carboxylic acids is 1. The minimum atomic E-state index is -0.0601. The van der Waals surface area contributed by atoms with Crippen LogP contribution in [0.4, 0.5) is 0 Å². The summed E-state index contributed by atoms with van der Waals surface area (Å²) in [4.78, 5) is 15.8. The zero-order valence-corrected chi connectivity index (χ0v) is 11.3. The Hall–Kier alpha value is -1.58. The van der Waals surface area contributed by atoms with Gasteiger partial charge in [0.15, 0.2) is 0 Å². The van der Waals surface area contributed by atoms with Crippen molar-refractivity contribution >= 4 is 17.7 Å². The molecule has 0 saturated carbocycles. The van der Waals surface area contributed by atoms with E-state index in [0.29, 0.717) is 17.1 Å². The van der Waals surface area contributed by atoms with Crippen LogP contribution < -0.4 is 5.32 Å². The molecule has 0 aliphatic carbocycles. The second-order valence-corrected chi connectivity index (χ2v) is 5.16. The summed E-state index contributed by atoms with van der Waals surface area (Å²) in [6.07, 6.45) is 3.84. The summed E-state index contributed by atoms with van der Waals surface area (Å²) in [5.74, 6) is 0.202. The summed E-state index contributed by atoms with van der Waals surface area (Å²) in [5, 5.41) is 12.3. The van der Waals surface area contributed by atoms with E-state index in [1.165, 1.54) is 11.8 Å². The molecule has 2 rings (SSSR count). The highest BCUT2D eigenvalue weighted by molar-refractivity contribution is 7.99. The average molecular weight is 277 g/mol. The third kappa shape index (κ3) is 4.23. The van der Waals surface area contributed by atoms with Gasteiger partial charge in [-0.3, -0.25) is 4.79 Å². The van der Waals surface area contributed by atoms with Crippen molar-refractivity contribution in [2.45, 2.75) is 24.0 Å². The van der Waals surface area contributed by atoms with Crippen LogP contribution in [0.5, 0.6) is 0 Å². The number of nitrogens with zero attached hydrogens (tertiary/aromatic N) is 2. The van der Waals surface area contributed by atoms with Crippen LogP contribution in [-0.4, -0.2) is 35.9 Å². The van der Waals surface area contributed by atoms with E-state index < -0.39 is 0 Å². The molecular weight excluding hydrogens is 262 g/mol. The molecule has 0 aromatic carbocycles. The molecule has 1 N–H and O–H groups in total. The summed E-state index contributed by atoms with van der Waals surface area (Å²) in [6, 6.07) is 5.46. The van der Waals surface area contributed by atoms with Crippen LogP contribution in [-0.2, 0) is 9.53 Å². The molecule has 5 nitrogen and oxygen atoms in total. The third-order valence-corrected chi connectivity index (χ3v) is 3.79. The van der Waals surface area contributed by atoms with Gasteiger partial charge in [0.2, 0.25) is 5.91 Å². The molecule has 1 aromatic heterocycles. The number of carbonyl (C=O) groups is 1. The van der Waals surface area contributed by atoms with E-state index in [1.54, 1.807) is 18.3 Å². The van der Waals surface area contributed by atoms with E-state index in [0.717, 1.165) is 19.4 Å². The molecule has 1 unspecified atom stereocenters. The van der Waals surface area contributed by atoms with Gasteiger partial charge in [-0.2, -0.15) is 5.26 Å². The van der Waals surface area contributed by atoms with Gasteiger partial charge in [0, 0.05) is 19.3 Å². The quantitative estimate of drug-likeness (QED) is 0.822. The second kappa shape index (κ2) is 7.12.